The lowest BCUT2D eigenvalue weighted by Crippen LogP contribution is -2.27. The molecule has 1 atom stereocenters. The molecule has 0 amide bonds. The van der Waals surface area contributed by atoms with Gasteiger partial charge in [-0.05, 0) is 43.7 Å². The molecule has 4 rings (SSSR count). The van der Waals surface area contributed by atoms with Crippen LogP contribution in [-0.4, -0.2) is 19.9 Å². The summed E-state index contributed by atoms with van der Waals surface area (Å²) in [5, 5.41) is 9.52. The van der Waals surface area contributed by atoms with E-state index >= 15 is 0 Å². The fourth-order valence-electron chi connectivity index (χ4n) is 3.04. The Balaban J connectivity index is 2.00. The number of pyridine rings is 1. The van der Waals surface area contributed by atoms with Crippen molar-refractivity contribution in [2.24, 2.45) is 0 Å². The van der Waals surface area contributed by atoms with Gasteiger partial charge < -0.3 is 10.3 Å². The van der Waals surface area contributed by atoms with Gasteiger partial charge in [-0.25, -0.2) is 9.67 Å². The summed E-state index contributed by atoms with van der Waals surface area (Å²) in [7, 11) is 0. The van der Waals surface area contributed by atoms with Crippen molar-refractivity contribution in [1.29, 1.82) is 0 Å². The molecular formula is C19H16ClN5O2. The molecule has 3 aromatic heterocycles. The summed E-state index contributed by atoms with van der Waals surface area (Å²) >= 11 is 5.97. The molecule has 2 N–H and O–H groups in total. The average molecular weight is 382 g/mol. The summed E-state index contributed by atoms with van der Waals surface area (Å²) < 4.78 is 6.81. The molecular weight excluding hydrogens is 366 g/mol. The molecule has 0 saturated carbocycles. The Hall–Kier alpha value is -3.19. The second-order valence-electron chi connectivity index (χ2n) is 6.23. The first-order chi connectivity index (χ1) is 13.0. The molecule has 1 aromatic carbocycles. The van der Waals surface area contributed by atoms with E-state index in [9.17, 15) is 4.79 Å². The first-order valence-corrected chi connectivity index (χ1v) is 8.70. The van der Waals surface area contributed by atoms with Crippen molar-refractivity contribution in [3.05, 3.63) is 69.2 Å². The van der Waals surface area contributed by atoms with Gasteiger partial charge in [0.2, 0.25) is 5.58 Å². The second-order valence-corrected chi connectivity index (χ2v) is 6.67. The van der Waals surface area contributed by atoms with E-state index < -0.39 is 0 Å². The molecule has 0 fully saturated rings. The predicted octanol–water partition coefficient (Wildman–Crippen LogP) is 3.60. The van der Waals surface area contributed by atoms with Gasteiger partial charge in [0.15, 0.2) is 0 Å². The first-order valence-electron chi connectivity index (χ1n) is 8.32. The lowest BCUT2D eigenvalue weighted by molar-refractivity contribution is 0.448. The number of nitrogens with two attached hydrogens (primary N) is 1. The van der Waals surface area contributed by atoms with Crippen LogP contribution in [0, 0.1) is 6.92 Å². The molecule has 136 valence electrons. The van der Waals surface area contributed by atoms with Crippen LogP contribution in [0.1, 0.15) is 24.2 Å². The molecule has 0 bridgehead atoms. The van der Waals surface area contributed by atoms with Crippen molar-refractivity contribution in [2.45, 2.75) is 19.9 Å². The predicted molar refractivity (Wildman–Crippen MR) is 104 cm³/mol. The number of anilines is 1. The van der Waals surface area contributed by atoms with E-state index in [1.807, 2.05) is 19.1 Å². The minimum atomic E-state index is -0.329. The summed E-state index contributed by atoms with van der Waals surface area (Å²) in [6.07, 6.45) is 1.59. The van der Waals surface area contributed by atoms with Gasteiger partial charge in [-0.3, -0.25) is 4.79 Å². The molecule has 8 heteroatoms. The number of aromatic nitrogens is 4. The highest BCUT2D eigenvalue weighted by Crippen LogP contribution is 2.30. The Bertz CT molecular complexity index is 1200. The van der Waals surface area contributed by atoms with Crippen LogP contribution in [0.15, 0.2) is 51.9 Å². The largest absolute Gasteiger partial charge is 0.383 e. The number of aryl methyl sites for hydroxylation is 1. The Morgan fingerprint density at radius 3 is 2.67 bits per heavy atom. The van der Waals surface area contributed by atoms with Gasteiger partial charge in [0, 0.05) is 16.8 Å². The third kappa shape index (κ3) is 2.86. The van der Waals surface area contributed by atoms with Gasteiger partial charge in [0.05, 0.1) is 11.7 Å². The standard InChI is InChI=1S/C19H16ClN5O2/c1-10-15-17(27-24-10)16(14-4-3-9-22-18(14)21)23-25(19(15)26)11(2)12-5-7-13(20)8-6-12/h3-9,11H,1-2H3,(H2,21,22). The first kappa shape index (κ1) is 17.2. The number of rotatable bonds is 3. The monoisotopic (exact) mass is 381 g/mol. The zero-order valence-corrected chi connectivity index (χ0v) is 15.4. The Kier molecular flexibility index (Phi) is 4.16. The number of nitrogens with zero attached hydrogens (tertiary/aromatic N) is 4. The van der Waals surface area contributed by atoms with Crippen LogP contribution >= 0.6 is 11.6 Å². The molecule has 0 saturated heterocycles. The molecule has 0 aliphatic carbocycles. The highest BCUT2D eigenvalue weighted by Gasteiger charge is 2.23. The van der Waals surface area contributed by atoms with Crippen LogP contribution in [0.25, 0.3) is 22.2 Å². The smallest absolute Gasteiger partial charge is 0.280 e. The molecule has 27 heavy (non-hydrogen) atoms. The number of nitrogen functional groups attached to an aromatic ring is 1. The van der Waals surface area contributed by atoms with Crippen molar-refractivity contribution >= 4 is 28.4 Å². The minimum Gasteiger partial charge on any atom is -0.383 e. The normalized spacial score (nSPS) is 12.4. The molecule has 3 heterocycles. The van der Waals surface area contributed by atoms with E-state index in [0.29, 0.717) is 38.8 Å². The van der Waals surface area contributed by atoms with E-state index in [1.54, 1.807) is 37.4 Å². The van der Waals surface area contributed by atoms with Crippen molar-refractivity contribution in [2.75, 3.05) is 5.73 Å². The summed E-state index contributed by atoms with van der Waals surface area (Å²) in [6, 6.07) is 10.5. The topological polar surface area (TPSA) is 99.8 Å². The number of hydrogen-bond donors (Lipinski definition) is 1. The molecule has 0 aliphatic rings. The van der Waals surface area contributed by atoms with E-state index in [4.69, 9.17) is 21.9 Å². The SMILES string of the molecule is Cc1noc2c(-c3cccnc3N)nn(C(C)c3ccc(Cl)cc3)c(=O)c12. The number of fused-ring (bicyclic) bond motifs is 1. The zero-order chi connectivity index (χ0) is 19.1. The Labute approximate surface area is 159 Å². The second kappa shape index (κ2) is 6.51. The van der Waals surface area contributed by atoms with Crippen LogP contribution in [0.5, 0.6) is 0 Å². The lowest BCUT2D eigenvalue weighted by atomic mass is 10.1. The van der Waals surface area contributed by atoms with Crippen LogP contribution in [0.3, 0.4) is 0 Å². The molecule has 7 nitrogen and oxygen atoms in total. The number of benzene rings is 1. The van der Waals surface area contributed by atoms with Gasteiger partial charge in [0.1, 0.15) is 16.9 Å². The molecule has 0 radical (unpaired) electrons. The van der Waals surface area contributed by atoms with Gasteiger partial charge in [-0.2, -0.15) is 5.10 Å². The minimum absolute atomic E-state index is 0.280. The Morgan fingerprint density at radius 2 is 1.96 bits per heavy atom. The summed E-state index contributed by atoms with van der Waals surface area (Å²) in [6.45, 7) is 3.61. The van der Waals surface area contributed by atoms with Gasteiger partial charge in [-0.1, -0.05) is 28.9 Å². The maximum absolute atomic E-state index is 13.1. The number of halogens is 1. The maximum Gasteiger partial charge on any atom is 0.280 e. The molecule has 0 aliphatic heterocycles. The molecule has 4 aromatic rings. The zero-order valence-electron chi connectivity index (χ0n) is 14.7. The summed E-state index contributed by atoms with van der Waals surface area (Å²) in [5.41, 5.74) is 8.45. The van der Waals surface area contributed by atoms with Crippen molar-refractivity contribution in [1.82, 2.24) is 19.9 Å². The van der Waals surface area contributed by atoms with E-state index in [0.717, 1.165) is 5.56 Å². The third-order valence-corrected chi connectivity index (χ3v) is 4.77. The van der Waals surface area contributed by atoms with E-state index in [-0.39, 0.29) is 11.6 Å². The highest BCUT2D eigenvalue weighted by molar-refractivity contribution is 6.30. The van der Waals surface area contributed by atoms with Crippen molar-refractivity contribution < 1.29 is 4.52 Å². The maximum atomic E-state index is 13.1. The van der Waals surface area contributed by atoms with Crippen LogP contribution in [0.4, 0.5) is 5.82 Å². The van der Waals surface area contributed by atoms with Crippen LogP contribution < -0.4 is 11.3 Å². The third-order valence-electron chi connectivity index (χ3n) is 4.52. The van der Waals surface area contributed by atoms with Gasteiger partial charge in [-0.15, -0.1) is 0 Å². The fourth-order valence-corrected chi connectivity index (χ4v) is 3.16. The van der Waals surface area contributed by atoms with Gasteiger partial charge >= 0.3 is 0 Å². The number of hydrogen-bond acceptors (Lipinski definition) is 6. The van der Waals surface area contributed by atoms with Crippen molar-refractivity contribution in [3.8, 4) is 11.3 Å². The highest BCUT2D eigenvalue weighted by atomic mass is 35.5. The Morgan fingerprint density at radius 1 is 1.22 bits per heavy atom. The quantitative estimate of drug-likeness (QED) is 0.582. The molecule has 0 spiro atoms. The van der Waals surface area contributed by atoms with Crippen molar-refractivity contribution in [3.63, 3.8) is 0 Å². The summed E-state index contributed by atoms with van der Waals surface area (Å²) in [5.74, 6) is 0.296. The lowest BCUT2D eigenvalue weighted by Gasteiger charge is -2.16. The van der Waals surface area contributed by atoms with Crippen LogP contribution in [-0.2, 0) is 0 Å². The van der Waals surface area contributed by atoms with E-state index in [2.05, 4.69) is 15.2 Å². The average Bonchev–Trinajstić information content (AvgIpc) is 3.05. The molecule has 1 unspecified atom stereocenters. The van der Waals surface area contributed by atoms with Gasteiger partial charge in [0.25, 0.3) is 5.56 Å². The fraction of sp³-hybridized carbons (Fsp3) is 0.158. The summed E-state index contributed by atoms with van der Waals surface area (Å²) in [4.78, 5) is 17.2. The van der Waals surface area contributed by atoms with Crippen LogP contribution in [0.2, 0.25) is 5.02 Å². The van der Waals surface area contributed by atoms with E-state index in [1.165, 1.54) is 4.68 Å².